The summed E-state index contributed by atoms with van der Waals surface area (Å²) in [4.78, 5) is 25.1. The topological polar surface area (TPSA) is 70.7 Å². The predicted octanol–water partition coefficient (Wildman–Crippen LogP) is 2.23. The molecule has 0 aliphatic carbocycles. The SMILES string of the molecule is Cc1coc(CC(=O)O)c1C(=O)N1CCCCCC1. The second-order valence-electron chi connectivity index (χ2n) is 4.99. The van der Waals surface area contributed by atoms with Crippen molar-refractivity contribution in [1.82, 2.24) is 4.90 Å². The smallest absolute Gasteiger partial charge is 0.311 e. The zero-order valence-corrected chi connectivity index (χ0v) is 11.1. The molecule has 2 rings (SSSR count). The van der Waals surface area contributed by atoms with E-state index in [2.05, 4.69) is 0 Å². The zero-order chi connectivity index (χ0) is 13.8. The van der Waals surface area contributed by atoms with Crippen molar-refractivity contribution >= 4 is 11.9 Å². The number of likely N-dealkylation sites (tertiary alicyclic amines) is 1. The number of carboxylic acid groups (broad SMARTS) is 1. The minimum Gasteiger partial charge on any atom is -0.481 e. The second-order valence-corrected chi connectivity index (χ2v) is 4.99. The Hall–Kier alpha value is -1.78. The number of aryl methyl sites for hydroxylation is 1. The molecule has 1 aliphatic rings. The highest BCUT2D eigenvalue weighted by molar-refractivity contribution is 5.97. The molecular weight excluding hydrogens is 246 g/mol. The van der Waals surface area contributed by atoms with Crippen LogP contribution in [0.1, 0.15) is 47.4 Å². The van der Waals surface area contributed by atoms with Crippen LogP contribution in [0, 0.1) is 6.92 Å². The molecule has 1 aliphatic heterocycles. The van der Waals surface area contributed by atoms with E-state index in [1.54, 1.807) is 6.92 Å². The maximum absolute atomic E-state index is 12.5. The van der Waals surface area contributed by atoms with Crippen molar-refractivity contribution < 1.29 is 19.1 Å². The highest BCUT2D eigenvalue weighted by atomic mass is 16.4. The Morgan fingerprint density at radius 2 is 1.89 bits per heavy atom. The Balaban J connectivity index is 2.21. The van der Waals surface area contributed by atoms with E-state index in [-0.39, 0.29) is 18.1 Å². The third-order valence-electron chi connectivity index (χ3n) is 3.47. The number of carbonyl (C=O) groups excluding carboxylic acids is 1. The van der Waals surface area contributed by atoms with Gasteiger partial charge in [-0.2, -0.15) is 0 Å². The normalized spacial score (nSPS) is 16.2. The van der Waals surface area contributed by atoms with E-state index in [4.69, 9.17) is 9.52 Å². The molecule has 1 fully saturated rings. The second kappa shape index (κ2) is 5.91. The van der Waals surface area contributed by atoms with Gasteiger partial charge in [-0.25, -0.2) is 0 Å². The molecule has 0 unspecified atom stereocenters. The molecular formula is C14H19NO4. The van der Waals surface area contributed by atoms with E-state index in [1.165, 1.54) is 6.26 Å². The number of hydrogen-bond acceptors (Lipinski definition) is 3. The Morgan fingerprint density at radius 1 is 1.26 bits per heavy atom. The van der Waals surface area contributed by atoms with Crippen molar-refractivity contribution in [2.75, 3.05) is 13.1 Å². The average molecular weight is 265 g/mol. The van der Waals surface area contributed by atoms with Gasteiger partial charge in [-0.1, -0.05) is 12.8 Å². The lowest BCUT2D eigenvalue weighted by Crippen LogP contribution is -2.32. The summed E-state index contributed by atoms with van der Waals surface area (Å²) in [5.74, 6) is -0.817. The molecule has 0 aromatic carbocycles. The van der Waals surface area contributed by atoms with E-state index < -0.39 is 5.97 Å². The molecule has 1 aromatic rings. The molecule has 5 nitrogen and oxygen atoms in total. The summed E-state index contributed by atoms with van der Waals surface area (Å²) in [6.45, 7) is 3.27. The first kappa shape index (κ1) is 13.6. The van der Waals surface area contributed by atoms with Crippen LogP contribution in [0.4, 0.5) is 0 Å². The van der Waals surface area contributed by atoms with Crippen LogP contribution in [-0.2, 0) is 11.2 Å². The predicted molar refractivity (Wildman–Crippen MR) is 69.2 cm³/mol. The lowest BCUT2D eigenvalue weighted by atomic mass is 10.1. The summed E-state index contributed by atoms with van der Waals surface area (Å²) in [6, 6.07) is 0. The summed E-state index contributed by atoms with van der Waals surface area (Å²) < 4.78 is 5.22. The summed E-state index contributed by atoms with van der Waals surface area (Å²) >= 11 is 0. The fourth-order valence-electron chi connectivity index (χ4n) is 2.48. The van der Waals surface area contributed by atoms with Gasteiger partial charge in [-0.15, -0.1) is 0 Å². The minimum absolute atomic E-state index is 0.0931. The van der Waals surface area contributed by atoms with Crippen LogP contribution in [0.2, 0.25) is 0 Å². The largest absolute Gasteiger partial charge is 0.481 e. The van der Waals surface area contributed by atoms with Gasteiger partial charge in [0.25, 0.3) is 5.91 Å². The highest BCUT2D eigenvalue weighted by Crippen LogP contribution is 2.21. The molecule has 1 amide bonds. The molecule has 0 spiro atoms. The zero-order valence-electron chi connectivity index (χ0n) is 11.1. The van der Waals surface area contributed by atoms with Crippen molar-refractivity contribution in [3.05, 3.63) is 23.2 Å². The fourth-order valence-corrected chi connectivity index (χ4v) is 2.48. The summed E-state index contributed by atoms with van der Waals surface area (Å²) in [7, 11) is 0. The van der Waals surface area contributed by atoms with Gasteiger partial charge in [-0.05, 0) is 19.8 Å². The minimum atomic E-state index is -0.987. The Labute approximate surface area is 112 Å². The Kier molecular flexibility index (Phi) is 4.24. The molecule has 104 valence electrons. The number of carbonyl (C=O) groups is 2. The lowest BCUT2D eigenvalue weighted by molar-refractivity contribution is -0.136. The van der Waals surface area contributed by atoms with Gasteiger partial charge in [0.2, 0.25) is 0 Å². The molecule has 0 radical (unpaired) electrons. The van der Waals surface area contributed by atoms with Gasteiger partial charge in [-0.3, -0.25) is 9.59 Å². The van der Waals surface area contributed by atoms with Gasteiger partial charge in [0.1, 0.15) is 12.2 Å². The highest BCUT2D eigenvalue weighted by Gasteiger charge is 2.25. The van der Waals surface area contributed by atoms with Crippen molar-refractivity contribution in [2.45, 2.75) is 39.0 Å². The fraction of sp³-hybridized carbons (Fsp3) is 0.571. The molecule has 5 heteroatoms. The standard InChI is InChI=1S/C14H19NO4/c1-10-9-19-11(8-12(16)17)13(10)14(18)15-6-4-2-3-5-7-15/h9H,2-8H2,1H3,(H,16,17). The van der Waals surface area contributed by atoms with E-state index in [1.807, 2.05) is 4.90 Å². The van der Waals surface area contributed by atoms with Crippen molar-refractivity contribution in [3.8, 4) is 0 Å². The number of aliphatic carboxylic acids is 1. The van der Waals surface area contributed by atoms with E-state index in [0.717, 1.165) is 38.8 Å². The van der Waals surface area contributed by atoms with Gasteiger partial charge in [0, 0.05) is 18.7 Å². The number of rotatable bonds is 3. The Bertz CT molecular complexity index is 470. The van der Waals surface area contributed by atoms with Crippen LogP contribution < -0.4 is 0 Å². The summed E-state index contributed by atoms with van der Waals surface area (Å²) in [5, 5.41) is 8.85. The van der Waals surface area contributed by atoms with Gasteiger partial charge in [0.05, 0.1) is 11.8 Å². The molecule has 19 heavy (non-hydrogen) atoms. The Morgan fingerprint density at radius 3 is 2.47 bits per heavy atom. The first-order valence-corrected chi connectivity index (χ1v) is 6.67. The van der Waals surface area contributed by atoms with E-state index in [0.29, 0.717) is 11.1 Å². The van der Waals surface area contributed by atoms with Crippen LogP contribution in [0.5, 0.6) is 0 Å². The lowest BCUT2D eigenvalue weighted by Gasteiger charge is -2.20. The molecule has 1 N–H and O–H groups in total. The summed E-state index contributed by atoms with van der Waals surface area (Å²) in [5.41, 5.74) is 1.15. The number of amides is 1. The molecule has 0 atom stereocenters. The summed E-state index contributed by atoms with van der Waals surface area (Å²) in [6.07, 6.45) is 5.53. The first-order valence-electron chi connectivity index (χ1n) is 6.67. The number of hydrogen-bond donors (Lipinski definition) is 1. The molecule has 1 saturated heterocycles. The third-order valence-corrected chi connectivity index (χ3v) is 3.47. The average Bonchev–Trinajstić information content (AvgIpc) is 2.58. The van der Waals surface area contributed by atoms with Crippen molar-refractivity contribution in [3.63, 3.8) is 0 Å². The molecule has 1 aromatic heterocycles. The van der Waals surface area contributed by atoms with Crippen molar-refractivity contribution in [1.29, 1.82) is 0 Å². The van der Waals surface area contributed by atoms with E-state index in [9.17, 15) is 9.59 Å². The first-order chi connectivity index (χ1) is 9.09. The number of nitrogens with zero attached hydrogens (tertiary/aromatic N) is 1. The van der Waals surface area contributed by atoms with Crippen LogP contribution >= 0.6 is 0 Å². The van der Waals surface area contributed by atoms with Gasteiger partial charge < -0.3 is 14.4 Å². The van der Waals surface area contributed by atoms with Gasteiger partial charge >= 0.3 is 5.97 Å². The molecule has 2 heterocycles. The monoisotopic (exact) mass is 265 g/mol. The van der Waals surface area contributed by atoms with Crippen molar-refractivity contribution in [2.24, 2.45) is 0 Å². The maximum atomic E-state index is 12.5. The van der Waals surface area contributed by atoms with Crippen LogP contribution in [0.3, 0.4) is 0 Å². The quantitative estimate of drug-likeness (QED) is 0.909. The van der Waals surface area contributed by atoms with Crippen LogP contribution in [0.15, 0.2) is 10.7 Å². The van der Waals surface area contributed by atoms with Crippen LogP contribution in [-0.4, -0.2) is 35.0 Å². The number of carboxylic acids is 1. The van der Waals surface area contributed by atoms with Crippen LogP contribution in [0.25, 0.3) is 0 Å². The third kappa shape index (κ3) is 3.16. The van der Waals surface area contributed by atoms with E-state index >= 15 is 0 Å². The molecule has 0 saturated carbocycles. The van der Waals surface area contributed by atoms with Gasteiger partial charge in [0.15, 0.2) is 0 Å². The molecule has 0 bridgehead atoms. The maximum Gasteiger partial charge on any atom is 0.311 e. The number of furan rings is 1.